The van der Waals surface area contributed by atoms with Gasteiger partial charge in [-0.25, -0.2) is 0 Å². The number of nitrogens with one attached hydrogen (secondary N) is 1. The summed E-state index contributed by atoms with van der Waals surface area (Å²) in [6, 6.07) is 0.792. The predicted octanol–water partition coefficient (Wildman–Crippen LogP) is 1.78. The Morgan fingerprint density at radius 2 is 1.83 bits per heavy atom. The molecule has 0 rings (SSSR count). The van der Waals surface area contributed by atoms with E-state index in [2.05, 4.69) is 33.0 Å². The standard InChI is InChI=1S/C10H23NO/c1-5-10(7-12)11-9(4)6-8(2)3/h8-12H,5-7H2,1-4H3. The number of aliphatic hydroxyl groups is 1. The fourth-order valence-corrected chi connectivity index (χ4v) is 1.48. The van der Waals surface area contributed by atoms with E-state index < -0.39 is 0 Å². The molecule has 2 nitrogen and oxygen atoms in total. The summed E-state index contributed by atoms with van der Waals surface area (Å²) in [5, 5.41) is 12.3. The molecule has 0 aromatic rings. The van der Waals surface area contributed by atoms with Gasteiger partial charge in [-0.05, 0) is 25.7 Å². The van der Waals surface area contributed by atoms with Crippen LogP contribution in [0.3, 0.4) is 0 Å². The lowest BCUT2D eigenvalue weighted by molar-refractivity contribution is 0.224. The first-order chi connectivity index (χ1) is 5.60. The molecule has 2 unspecified atom stereocenters. The van der Waals surface area contributed by atoms with Crippen LogP contribution in [0.1, 0.15) is 40.5 Å². The topological polar surface area (TPSA) is 32.3 Å². The first kappa shape index (κ1) is 11.9. The molecule has 2 heteroatoms. The lowest BCUT2D eigenvalue weighted by Gasteiger charge is -2.21. The summed E-state index contributed by atoms with van der Waals surface area (Å²) in [5.74, 6) is 0.726. The Hall–Kier alpha value is -0.0800. The van der Waals surface area contributed by atoms with E-state index in [4.69, 9.17) is 5.11 Å². The summed E-state index contributed by atoms with van der Waals surface area (Å²) >= 11 is 0. The van der Waals surface area contributed by atoms with Gasteiger partial charge in [-0.1, -0.05) is 20.8 Å². The first-order valence-corrected chi connectivity index (χ1v) is 4.97. The van der Waals surface area contributed by atoms with Crippen LogP contribution in [0.4, 0.5) is 0 Å². The van der Waals surface area contributed by atoms with Crippen molar-refractivity contribution in [3.05, 3.63) is 0 Å². The molecule has 0 spiro atoms. The van der Waals surface area contributed by atoms with Crippen LogP contribution >= 0.6 is 0 Å². The van der Waals surface area contributed by atoms with Crippen molar-refractivity contribution < 1.29 is 5.11 Å². The highest BCUT2D eigenvalue weighted by atomic mass is 16.3. The smallest absolute Gasteiger partial charge is 0.0584 e. The Labute approximate surface area is 76.4 Å². The molecular weight excluding hydrogens is 150 g/mol. The molecule has 0 aromatic heterocycles. The van der Waals surface area contributed by atoms with Crippen LogP contribution in [-0.2, 0) is 0 Å². The van der Waals surface area contributed by atoms with Gasteiger partial charge in [-0.15, -0.1) is 0 Å². The van der Waals surface area contributed by atoms with E-state index in [1.54, 1.807) is 0 Å². The van der Waals surface area contributed by atoms with Gasteiger partial charge in [0.25, 0.3) is 0 Å². The SMILES string of the molecule is CCC(CO)NC(C)CC(C)C. The van der Waals surface area contributed by atoms with Gasteiger partial charge in [0.15, 0.2) is 0 Å². The lowest BCUT2D eigenvalue weighted by atomic mass is 10.0. The Balaban J connectivity index is 3.58. The van der Waals surface area contributed by atoms with Gasteiger partial charge in [-0.2, -0.15) is 0 Å². The third-order valence-corrected chi connectivity index (χ3v) is 2.06. The molecule has 2 N–H and O–H groups in total. The van der Waals surface area contributed by atoms with Crippen LogP contribution in [-0.4, -0.2) is 23.8 Å². The van der Waals surface area contributed by atoms with Crippen LogP contribution in [0.25, 0.3) is 0 Å². The number of rotatable bonds is 6. The highest BCUT2D eigenvalue weighted by Gasteiger charge is 2.09. The monoisotopic (exact) mass is 173 g/mol. The lowest BCUT2D eigenvalue weighted by Crippen LogP contribution is -2.39. The second kappa shape index (κ2) is 6.44. The zero-order valence-corrected chi connectivity index (χ0v) is 8.80. The van der Waals surface area contributed by atoms with Gasteiger partial charge in [-0.3, -0.25) is 0 Å². The number of aliphatic hydroxyl groups excluding tert-OH is 1. The Morgan fingerprint density at radius 1 is 1.25 bits per heavy atom. The molecule has 0 radical (unpaired) electrons. The normalized spacial score (nSPS) is 16.5. The van der Waals surface area contributed by atoms with Crippen LogP contribution in [0.5, 0.6) is 0 Å². The van der Waals surface area contributed by atoms with E-state index in [0.717, 1.165) is 12.3 Å². The summed E-state index contributed by atoms with van der Waals surface area (Å²) in [5.41, 5.74) is 0. The van der Waals surface area contributed by atoms with Gasteiger partial charge >= 0.3 is 0 Å². The summed E-state index contributed by atoms with van der Waals surface area (Å²) in [6.45, 7) is 8.96. The summed E-state index contributed by atoms with van der Waals surface area (Å²) in [7, 11) is 0. The molecule has 0 saturated carbocycles. The number of hydrogen-bond donors (Lipinski definition) is 2. The largest absolute Gasteiger partial charge is 0.395 e. The van der Waals surface area contributed by atoms with Crippen molar-refractivity contribution >= 4 is 0 Å². The van der Waals surface area contributed by atoms with Crippen molar-refractivity contribution in [2.45, 2.75) is 52.6 Å². The highest BCUT2D eigenvalue weighted by Crippen LogP contribution is 2.05. The average Bonchev–Trinajstić information content (AvgIpc) is 1.98. The molecule has 0 heterocycles. The molecule has 0 amide bonds. The fraction of sp³-hybridized carbons (Fsp3) is 1.00. The van der Waals surface area contributed by atoms with Gasteiger partial charge in [0.2, 0.25) is 0 Å². The van der Waals surface area contributed by atoms with Crippen molar-refractivity contribution in [2.24, 2.45) is 5.92 Å². The van der Waals surface area contributed by atoms with Crippen LogP contribution in [0.2, 0.25) is 0 Å². The third kappa shape index (κ3) is 5.56. The Bertz CT molecular complexity index is 100. The molecule has 74 valence electrons. The van der Waals surface area contributed by atoms with Crippen molar-refractivity contribution in [1.82, 2.24) is 5.32 Å². The highest BCUT2D eigenvalue weighted by molar-refractivity contribution is 4.70. The minimum atomic E-state index is 0.249. The van der Waals surface area contributed by atoms with E-state index >= 15 is 0 Å². The first-order valence-electron chi connectivity index (χ1n) is 4.97. The quantitative estimate of drug-likeness (QED) is 0.641. The minimum absolute atomic E-state index is 0.249. The van der Waals surface area contributed by atoms with Gasteiger partial charge in [0.1, 0.15) is 0 Å². The maximum absolute atomic E-state index is 8.95. The maximum atomic E-state index is 8.95. The second-order valence-corrected chi connectivity index (χ2v) is 3.99. The van der Waals surface area contributed by atoms with E-state index in [-0.39, 0.29) is 12.6 Å². The Morgan fingerprint density at radius 3 is 2.17 bits per heavy atom. The molecule has 12 heavy (non-hydrogen) atoms. The van der Waals surface area contributed by atoms with Crippen LogP contribution in [0.15, 0.2) is 0 Å². The minimum Gasteiger partial charge on any atom is -0.395 e. The fourth-order valence-electron chi connectivity index (χ4n) is 1.48. The summed E-state index contributed by atoms with van der Waals surface area (Å²) in [4.78, 5) is 0. The van der Waals surface area contributed by atoms with E-state index in [9.17, 15) is 0 Å². The second-order valence-electron chi connectivity index (χ2n) is 3.99. The average molecular weight is 173 g/mol. The Kier molecular flexibility index (Phi) is 6.39. The van der Waals surface area contributed by atoms with E-state index in [1.165, 1.54) is 6.42 Å². The van der Waals surface area contributed by atoms with E-state index in [1.807, 2.05) is 0 Å². The number of hydrogen-bond acceptors (Lipinski definition) is 2. The molecule has 0 aromatic carbocycles. The van der Waals surface area contributed by atoms with E-state index in [0.29, 0.717) is 6.04 Å². The molecule has 2 atom stereocenters. The predicted molar refractivity (Wildman–Crippen MR) is 53.2 cm³/mol. The van der Waals surface area contributed by atoms with Crippen LogP contribution in [0, 0.1) is 5.92 Å². The third-order valence-electron chi connectivity index (χ3n) is 2.06. The molecule has 0 saturated heterocycles. The van der Waals surface area contributed by atoms with Crippen molar-refractivity contribution in [1.29, 1.82) is 0 Å². The summed E-state index contributed by atoms with van der Waals surface area (Å²) < 4.78 is 0. The van der Waals surface area contributed by atoms with Crippen LogP contribution < -0.4 is 5.32 Å². The van der Waals surface area contributed by atoms with Crippen molar-refractivity contribution in [3.63, 3.8) is 0 Å². The van der Waals surface area contributed by atoms with Gasteiger partial charge in [0, 0.05) is 12.1 Å². The summed E-state index contributed by atoms with van der Waals surface area (Å²) in [6.07, 6.45) is 2.18. The molecule has 0 aliphatic rings. The molecule has 0 aliphatic heterocycles. The molecular formula is C10H23NO. The molecule has 0 fully saturated rings. The van der Waals surface area contributed by atoms with Crippen molar-refractivity contribution in [2.75, 3.05) is 6.61 Å². The molecule has 0 bridgehead atoms. The zero-order chi connectivity index (χ0) is 9.56. The van der Waals surface area contributed by atoms with Gasteiger partial charge < -0.3 is 10.4 Å². The van der Waals surface area contributed by atoms with Gasteiger partial charge in [0.05, 0.1) is 6.61 Å². The maximum Gasteiger partial charge on any atom is 0.0584 e. The van der Waals surface area contributed by atoms with Crippen molar-refractivity contribution in [3.8, 4) is 0 Å². The molecule has 0 aliphatic carbocycles. The zero-order valence-electron chi connectivity index (χ0n) is 8.80.